The monoisotopic (exact) mass is 386 g/mol. The van der Waals surface area contributed by atoms with Gasteiger partial charge >= 0.3 is 0 Å². The molecule has 5 nitrogen and oxygen atoms in total. The molecule has 6 heteroatoms. The SMILES string of the molecule is Cc1cccc(C)c1OCC(=O)NCC(c1cccc(F)c1)N1CCOCC1. The molecule has 0 bridgehead atoms. The van der Waals surface area contributed by atoms with E-state index in [1.807, 2.05) is 38.1 Å². The van der Waals surface area contributed by atoms with Crippen molar-refractivity contribution in [1.29, 1.82) is 0 Å². The first-order chi connectivity index (χ1) is 13.5. The zero-order valence-corrected chi connectivity index (χ0v) is 16.4. The van der Waals surface area contributed by atoms with Crippen molar-refractivity contribution in [2.45, 2.75) is 19.9 Å². The highest BCUT2D eigenvalue weighted by Crippen LogP contribution is 2.23. The number of rotatable bonds is 7. The van der Waals surface area contributed by atoms with Crippen LogP contribution in [0.1, 0.15) is 22.7 Å². The maximum Gasteiger partial charge on any atom is 0.258 e. The molecule has 1 aliphatic heterocycles. The quantitative estimate of drug-likeness (QED) is 0.795. The lowest BCUT2D eigenvalue weighted by Gasteiger charge is -2.35. The molecule has 0 aliphatic carbocycles. The molecule has 1 N–H and O–H groups in total. The smallest absolute Gasteiger partial charge is 0.258 e. The van der Waals surface area contributed by atoms with Crippen LogP contribution in [0.4, 0.5) is 4.39 Å². The third kappa shape index (κ3) is 5.30. The van der Waals surface area contributed by atoms with Crippen molar-refractivity contribution >= 4 is 5.91 Å². The highest BCUT2D eigenvalue weighted by atomic mass is 19.1. The number of aryl methyl sites for hydroxylation is 2. The highest BCUT2D eigenvalue weighted by molar-refractivity contribution is 5.77. The van der Waals surface area contributed by atoms with Crippen LogP contribution in [-0.4, -0.2) is 50.3 Å². The lowest BCUT2D eigenvalue weighted by Crippen LogP contribution is -2.44. The van der Waals surface area contributed by atoms with Gasteiger partial charge in [0.25, 0.3) is 5.91 Å². The number of carbonyl (C=O) groups excluding carboxylic acids is 1. The standard InChI is InChI=1S/C22H27FN2O3/c1-16-5-3-6-17(2)22(16)28-15-21(26)24-14-20(25-9-11-27-12-10-25)18-7-4-8-19(23)13-18/h3-8,13,20H,9-12,14-15H2,1-2H3,(H,24,26). The number of morpholine rings is 1. The summed E-state index contributed by atoms with van der Waals surface area (Å²) < 4.78 is 24.9. The minimum absolute atomic E-state index is 0.0509. The minimum Gasteiger partial charge on any atom is -0.483 e. The molecule has 28 heavy (non-hydrogen) atoms. The second-order valence-electron chi connectivity index (χ2n) is 7.03. The van der Waals surface area contributed by atoms with Crippen LogP contribution in [0.5, 0.6) is 5.75 Å². The van der Waals surface area contributed by atoms with E-state index >= 15 is 0 Å². The van der Waals surface area contributed by atoms with Gasteiger partial charge in [0, 0.05) is 19.6 Å². The van der Waals surface area contributed by atoms with E-state index in [-0.39, 0.29) is 24.4 Å². The van der Waals surface area contributed by atoms with Gasteiger partial charge in [0.15, 0.2) is 6.61 Å². The summed E-state index contributed by atoms with van der Waals surface area (Å²) in [4.78, 5) is 14.6. The molecule has 1 heterocycles. The normalized spacial score (nSPS) is 15.8. The first kappa shape index (κ1) is 20.3. The Labute approximate surface area is 165 Å². The van der Waals surface area contributed by atoms with Crippen LogP contribution < -0.4 is 10.1 Å². The third-order valence-corrected chi connectivity index (χ3v) is 4.97. The van der Waals surface area contributed by atoms with Crippen molar-refractivity contribution in [3.63, 3.8) is 0 Å². The van der Waals surface area contributed by atoms with Gasteiger partial charge in [-0.2, -0.15) is 0 Å². The second kappa shape index (κ2) is 9.66. The van der Waals surface area contributed by atoms with Gasteiger partial charge in [0.2, 0.25) is 0 Å². The zero-order chi connectivity index (χ0) is 19.9. The van der Waals surface area contributed by atoms with Gasteiger partial charge in [-0.25, -0.2) is 4.39 Å². The van der Waals surface area contributed by atoms with Gasteiger partial charge < -0.3 is 14.8 Å². The van der Waals surface area contributed by atoms with Crippen molar-refractivity contribution < 1.29 is 18.7 Å². The van der Waals surface area contributed by atoms with Crippen molar-refractivity contribution in [2.24, 2.45) is 0 Å². The van der Waals surface area contributed by atoms with E-state index in [1.54, 1.807) is 6.07 Å². The van der Waals surface area contributed by atoms with E-state index in [4.69, 9.17) is 9.47 Å². The van der Waals surface area contributed by atoms with E-state index in [0.717, 1.165) is 35.5 Å². The fourth-order valence-corrected chi connectivity index (χ4v) is 3.49. The van der Waals surface area contributed by atoms with Gasteiger partial charge in [-0.3, -0.25) is 9.69 Å². The van der Waals surface area contributed by atoms with Gasteiger partial charge in [0.05, 0.1) is 19.3 Å². The predicted octanol–water partition coefficient (Wildman–Crippen LogP) is 3.01. The van der Waals surface area contributed by atoms with Crippen molar-refractivity contribution in [3.05, 3.63) is 65.0 Å². The Morgan fingerprint density at radius 1 is 1.18 bits per heavy atom. The molecule has 0 aromatic heterocycles. The summed E-state index contributed by atoms with van der Waals surface area (Å²) in [5.74, 6) is 0.269. The maximum absolute atomic E-state index is 13.7. The van der Waals surface area contributed by atoms with Crippen LogP contribution in [0.2, 0.25) is 0 Å². The highest BCUT2D eigenvalue weighted by Gasteiger charge is 2.23. The molecule has 150 valence electrons. The molecule has 0 radical (unpaired) electrons. The Bertz CT molecular complexity index is 786. The Hall–Kier alpha value is -2.44. The van der Waals surface area contributed by atoms with Crippen LogP contribution in [-0.2, 0) is 9.53 Å². The van der Waals surface area contributed by atoms with Crippen LogP contribution in [0.15, 0.2) is 42.5 Å². The lowest BCUT2D eigenvalue weighted by molar-refractivity contribution is -0.123. The van der Waals surface area contributed by atoms with E-state index < -0.39 is 0 Å². The Morgan fingerprint density at radius 3 is 2.54 bits per heavy atom. The number of para-hydroxylation sites is 1. The summed E-state index contributed by atoms with van der Waals surface area (Å²) in [6.45, 7) is 7.01. The average molecular weight is 386 g/mol. The summed E-state index contributed by atoms with van der Waals surface area (Å²) >= 11 is 0. The molecule has 0 saturated carbocycles. The fraction of sp³-hybridized carbons (Fsp3) is 0.409. The average Bonchev–Trinajstić information content (AvgIpc) is 2.69. The number of nitrogens with one attached hydrogen (secondary N) is 1. The van der Waals surface area contributed by atoms with Crippen molar-refractivity contribution in [3.8, 4) is 5.75 Å². The molecule has 1 unspecified atom stereocenters. The number of carbonyl (C=O) groups is 1. The number of halogens is 1. The van der Waals surface area contributed by atoms with Gasteiger partial charge in [-0.1, -0.05) is 30.3 Å². The van der Waals surface area contributed by atoms with E-state index in [2.05, 4.69) is 10.2 Å². The Balaban J connectivity index is 1.62. The molecule has 1 amide bonds. The van der Waals surface area contributed by atoms with Gasteiger partial charge in [-0.05, 0) is 42.7 Å². The summed E-state index contributed by atoms with van der Waals surface area (Å²) in [5, 5.41) is 2.94. The topological polar surface area (TPSA) is 50.8 Å². The zero-order valence-electron chi connectivity index (χ0n) is 16.4. The summed E-state index contributed by atoms with van der Waals surface area (Å²) in [5.41, 5.74) is 2.84. The molecule has 2 aromatic carbocycles. The Morgan fingerprint density at radius 2 is 1.86 bits per heavy atom. The molecule has 3 rings (SSSR count). The fourth-order valence-electron chi connectivity index (χ4n) is 3.49. The molecule has 1 atom stereocenters. The molecule has 1 saturated heterocycles. The first-order valence-corrected chi connectivity index (χ1v) is 9.57. The third-order valence-electron chi connectivity index (χ3n) is 4.97. The summed E-state index contributed by atoms with van der Waals surface area (Å²) in [6, 6.07) is 12.3. The van der Waals surface area contributed by atoms with E-state index in [0.29, 0.717) is 19.8 Å². The predicted molar refractivity (Wildman–Crippen MR) is 106 cm³/mol. The van der Waals surface area contributed by atoms with Crippen LogP contribution in [0, 0.1) is 19.7 Å². The molecular formula is C22H27FN2O3. The maximum atomic E-state index is 13.7. The van der Waals surface area contributed by atoms with Gasteiger partial charge in [-0.15, -0.1) is 0 Å². The second-order valence-corrected chi connectivity index (χ2v) is 7.03. The molecule has 0 spiro atoms. The first-order valence-electron chi connectivity index (χ1n) is 9.57. The summed E-state index contributed by atoms with van der Waals surface area (Å²) in [6.07, 6.45) is 0. The molecule has 1 aliphatic rings. The van der Waals surface area contributed by atoms with E-state index in [9.17, 15) is 9.18 Å². The number of ether oxygens (including phenoxy) is 2. The van der Waals surface area contributed by atoms with Crippen LogP contribution >= 0.6 is 0 Å². The number of nitrogens with zero attached hydrogens (tertiary/aromatic N) is 1. The van der Waals surface area contributed by atoms with Crippen LogP contribution in [0.3, 0.4) is 0 Å². The van der Waals surface area contributed by atoms with Crippen LogP contribution in [0.25, 0.3) is 0 Å². The molecular weight excluding hydrogens is 359 g/mol. The lowest BCUT2D eigenvalue weighted by atomic mass is 10.0. The largest absolute Gasteiger partial charge is 0.483 e. The summed E-state index contributed by atoms with van der Waals surface area (Å²) in [7, 11) is 0. The Kier molecular flexibility index (Phi) is 7.01. The van der Waals surface area contributed by atoms with Crippen molar-refractivity contribution in [2.75, 3.05) is 39.5 Å². The molecule has 1 fully saturated rings. The van der Waals surface area contributed by atoms with Crippen molar-refractivity contribution in [1.82, 2.24) is 10.2 Å². The van der Waals surface area contributed by atoms with E-state index in [1.165, 1.54) is 12.1 Å². The van der Waals surface area contributed by atoms with Gasteiger partial charge in [0.1, 0.15) is 11.6 Å². The molecule has 2 aromatic rings. The number of hydrogen-bond acceptors (Lipinski definition) is 4. The number of benzene rings is 2. The number of amides is 1. The number of hydrogen-bond donors (Lipinski definition) is 1. The minimum atomic E-state index is -0.277.